The largest absolute Gasteiger partial charge is 0.452 e. The van der Waals surface area contributed by atoms with Crippen LogP contribution in [0.3, 0.4) is 0 Å². The third kappa shape index (κ3) is 5.05. The second-order valence-corrected chi connectivity index (χ2v) is 3.50. The molecule has 0 bridgehead atoms. The Kier molecular flexibility index (Phi) is 6.61. The first-order valence-electron chi connectivity index (χ1n) is 5.32. The van der Waals surface area contributed by atoms with Crippen LogP contribution in [0.2, 0.25) is 0 Å². The zero-order valence-electron chi connectivity index (χ0n) is 9.55. The van der Waals surface area contributed by atoms with Crippen molar-refractivity contribution in [1.82, 2.24) is 0 Å². The van der Waals surface area contributed by atoms with Crippen molar-refractivity contribution in [2.45, 2.75) is 44.6 Å². The molecule has 0 fully saturated rings. The molecule has 0 spiro atoms. The lowest BCUT2D eigenvalue weighted by molar-refractivity contribution is -0.160. The molecule has 0 N–H and O–H groups in total. The Labute approximate surface area is 95.0 Å². The van der Waals surface area contributed by atoms with Gasteiger partial charge in [0.15, 0.2) is 6.10 Å². The van der Waals surface area contributed by atoms with Gasteiger partial charge in [-0.3, -0.25) is 0 Å². The predicted octanol–water partition coefficient (Wildman–Crippen LogP) is 3.49. The number of carbonyl (C=O) groups excluding carboxylic acids is 1. The fraction of sp³-hybridized carbons (Fsp3) is 0.583. The number of ether oxygens (including phenoxy) is 1. The van der Waals surface area contributed by atoms with Crippen molar-refractivity contribution < 1.29 is 18.3 Å². The second kappa shape index (κ2) is 7.14. The maximum Gasteiger partial charge on any atom is 0.330 e. The van der Waals surface area contributed by atoms with Gasteiger partial charge in [-0.05, 0) is 18.9 Å². The fourth-order valence-corrected chi connectivity index (χ4v) is 1.23. The molecule has 0 saturated carbocycles. The van der Waals surface area contributed by atoms with Crippen molar-refractivity contribution in [3.05, 3.63) is 25.3 Å². The molecule has 0 aromatic heterocycles. The standard InChI is InChI=1S/C12H18F2O2/c1-4-7-8-9-10(12(13,14)6-3)16-11(15)5-2/h5-6,10H,2-4,7-9H2,1H3. The van der Waals surface area contributed by atoms with Gasteiger partial charge >= 0.3 is 11.9 Å². The van der Waals surface area contributed by atoms with E-state index in [1.807, 2.05) is 6.92 Å². The highest BCUT2D eigenvalue weighted by atomic mass is 19.3. The molecule has 0 rings (SSSR count). The Morgan fingerprint density at radius 3 is 2.50 bits per heavy atom. The Morgan fingerprint density at radius 1 is 1.44 bits per heavy atom. The molecule has 0 aromatic carbocycles. The minimum absolute atomic E-state index is 0.131. The molecule has 4 heteroatoms. The molecule has 0 heterocycles. The first-order chi connectivity index (χ1) is 7.47. The number of hydrogen-bond acceptors (Lipinski definition) is 2. The second-order valence-electron chi connectivity index (χ2n) is 3.50. The van der Waals surface area contributed by atoms with Gasteiger partial charge < -0.3 is 4.74 Å². The van der Waals surface area contributed by atoms with Crippen LogP contribution in [-0.2, 0) is 9.53 Å². The smallest absolute Gasteiger partial charge is 0.330 e. The average molecular weight is 232 g/mol. The van der Waals surface area contributed by atoms with Crippen molar-refractivity contribution in [3.63, 3.8) is 0 Å². The number of hydrogen-bond donors (Lipinski definition) is 0. The van der Waals surface area contributed by atoms with Gasteiger partial charge in [0.25, 0.3) is 0 Å². The number of unbranched alkanes of at least 4 members (excludes halogenated alkanes) is 2. The summed E-state index contributed by atoms with van der Waals surface area (Å²) >= 11 is 0. The van der Waals surface area contributed by atoms with Gasteiger partial charge in [-0.1, -0.05) is 32.9 Å². The number of alkyl halides is 2. The first kappa shape index (κ1) is 14.8. The lowest BCUT2D eigenvalue weighted by Gasteiger charge is -2.23. The summed E-state index contributed by atoms with van der Waals surface area (Å²) in [5.41, 5.74) is 0. The van der Waals surface area contributed by atoms with Crippen LogP contribution in [-0.4, -0.2) is 18.0 Å². The van der Waals surface area contributed by atoms with E-state index < -0.39 is 18.0 Å². The van der Waals surface area contributed by atoms with E-state index in [4.69, 9.17) is 0 Å². The summed E-state index contributed by atoms with van der Waals surface area (Å²) in [6.45, 7) is 8.19. The van der Waals surface area contributed by atoms with E-state index in [-0.39, 0.29) is 6.42 Å². The Hall–Kier alpha value is -1.19. The third-order valence-corrected chi connectivity index (χ3v) is 2.20. The predicted molar refractivity (Wildman–Crippen MR) is 59.4 cm³/mol. The van der Waals surface area contributed by atoms with Crippen molar-refractivity contribution in [1.29, 1.82) is 0 Å². The molecule has 0 saturated heterocycles. The van der Waals surface area contributed by atoms with Crippen LogP contribution in [0.25, 0.3) is 0 Å². The molecule has 0 aliphatic heterocycles. The highest BCUT2D eigenvalue weighted by Gasteiger charge is 2.38. The summed E-state index contributed by atoms with van der Waals surface area (Å²) in [5.74, 6) is -4.02. The number of carbonyl (C=O) groups is 1. The van der Waals surface area contributed by atoms with E-state index >= 15 is 0 Å². The maximum absolute atomic E-state index is 13.3. The molecule has 0 aromatic rings. The molecule has 92 valence electrons. The lowest BCUT2D eigenvalue weighted by Crippen LogP contribution is -2.35. The van der Waals surface area contributed by atoms with Crippen molar-refractivity contribution in [2.24, 2.45) is 0 Å². The Balaban J connectivity index is 4.43. The van der Waals surface area contributed by atoms with Crippen LogP contribution in [0, 0.1) is 0 Å². The van der Waals surface area contributed by atoms with Crippen LogP contribution < -0.4 is 0 Å². The molecule has 1 atom stereocenters. The summed E-state index contributed by atoms with van der Waals surface area (Å²) in [4.78, 5) is 10.9. The van der Waals surface area contributed by atoms with E-state index in [1.54, 1.807) is 0 Å². The van der Waals surface area contributed by atoms with Gasteiger partial charge in [0.1, 0.15) is 0 Å². The molecule has 0 aliphatic carbocycles. The molecular weight excluding hydrogens is 214 g/mol. The summed E-state index contributed by atoms with van der Waals surface area (Å²) in [6, 6.07) is 0. The maximum atomic E-state index is 13.3. The summed E-state index contributed by atoms with van der Waals surface area (Å²) in [7, 11) is 0. The van der Waals surface area contributed by atoms with Crippen LogP contribution in [0.15, 0.2) is 25.3 Å². The summed E-state index contributed by atoms with van der Waals surface area (Å²) in [5, 5.41) is 0. The van der Waals surface area contributed by atoms with E-state index in [9.17, 15) is 13.6 Å². The third-order valence-electron chi connectivity index (χ3n) is 2.20. The van der Waals surface area contributed by atoms with E-state index in [2.05, 4.69) is 17.9 Å². The number of rotatable bonds is 8. The van der Waals surface area contributed by atoms with Gasteiger partial charge in [-0.25, -0.2) is 4.79 Å². The van der Waals surface area contributed by atoms with Gasteiger partial charge in [0, 0.05) is 6.08 Å². The minimum atomic E-state index is -3.19. The zero-order chi connectivity index (χ0) is 12.6. The highest BCUT2D eigenvalue weighted by Crippen LogP contribution is 2.26. The lowest BCUT2D eigenvalue weighted by atomic mass is 10.1. The average Bonchev–Trinajstić information content (AvgIpc) is 2.27. The van der Waals surface area contributed by atoms with Crippen LogP contribution in [0.1, 0.15) is 32.6 Å². The first-order valence-corrected chi connectivity index (χ1v) is 5.32. The van der Waals surface area contributed by atoms with Gasteiger partial charge in [-0.2, -0.15) is 8.78 Å². The quantitative estimate of drug-likeness (QED) is 0.277. The monoisotopic (exact) mass is 232 g/mol. The molecule has 0 amide bonds. The molecule has 0 aliphatic rings. The molecule has 2 nitrogen and oxygen atoms in total. The molecular formula is C12H18F2O2. The minimum Gasteiger partial charge on any atom is -0.452 e. The SMILES string of the molecule is C=CC(=O)OC(CCCCC)C(F)(F)C=C. The summed E-state index contributed by atoms with van der Waals surface area (Å²) < 4.78 is 31.2. The van der Waals surface area contributed by atoms with Crippen LogP contribution >= 0.6 is 0 Å². The van der Waals surface area contributed by atoms with Gasteiger partial charge in [-0.15, -0.1) is 0 Å². The van der Waals surface area contributed by atoms with Crippen molar-refractivity contribution in [3.8, 4) is 0 Å². The van der Waals surface area contributed by atoms with Crippen molar-refractivity contribution >= 4 is 5.97 Å². The van der Waals surface area contributed by atoms with E-state index in [0.29, 0.717) is 12.5 Å². The van der Waals surface area contributed by atoms with Gasteiger partial charge in [0.2, 0.25) is 0 Å². The van der Waals surface area contributed by atoms with E-state index in [0.717, 1.165) is 18.9 Å². The van der Waals surface area contributed by atoms with Crippen LogP contribution in [0.5, 0.6) is 0 Å². The van der Waals surface area contributed by atoms with Gasteiger partial charge in [0.05, 0.1) is 0 Å². The van der Waals surface area contributed by atoms with E-state index in [1.165, 1.54) is 0 Å². The number of halogens is 2. The topological polar surface area (TPSA) is 26.3 Å². The zero-order valence-corrected chi connectivity index (χ0v) is 9.55. The molecule has 16 heavy (non-hydrogen) atoms. The fourth-order valence-electron chi connectivity index (χ4n) is 1.23. The number of esters is 1. The highest BCUT2D eigenvalue weighted by molar-refractivity contribution is 5.81. The van der Waals surface area contributed by atoms with Crippen LogP contribution in [0.4, 0.5) is 8.78 Å². The molecule has 0 radical (unpaired) electrons. The Bertz CT molecular complexity index is 249. The molecule has 1 unspecified atom stereocenters. The van der Waals surface area contributed by atoms with Crippen molar-refractivity contribution in [2.75, 3.05) is 0 Å². The summed E-state index contributed by atoms with van der Waals surface area (Å²) in [6.07, 6.45) is 2.42. The normalized spacial score (nSPS) is 12.9. The Morgan fingerprint density at radius 2 is 2.06 bits per heavy atom.